The third-order valence-corrected chi connectivity index (χ3v) is 8.13. The van der Waals surface area contributed by atoms with Crippen LogP contribution >= 0.6 is 11.8 Å². The van der Waals surface area contributed by atoms with E-state index in [2.05, 4.69) is 0 Å². The molecule has 25 heavy (non-hydrogen) atoms. The summed E-state index contributed by atoms with van der Waals surface area (Å²) in [6.45, 7) is 4.30. The van der Waals surface area contributed by atoms with Gasteiger partial charge in [0, 0.05) is 34.5 Å². The predicted octanol–water partition coefficient (Wildman–Crippen LogP) is 2.80. The molecule has 0 aliphatic carbocycles. The maximum Gasteiger partial charge on any atom is 0.374 e. The summed E-state index contributed by atoms with van der Waals surface area (Å²) in [5, 5.41) is 1.04. The smallest absolute Gasteiger partial charge is 0.374 e. The van der Waals surface area contributed by atoms with Crippen LogP contribution in [0.15, 0.2) is 27.5 Å². The van der Waals surface area contributed by atoms with Crippen molar-refractivity contribution in [2.75, 3.05) is 18.9 Å². The van der Waals surface area contributed by atoms with Crippen LogP contribution in [-0.2, 0) is 14.8 Å². The fourth-order valence-corrected chi connectivity index (χ4v) is 6.88. The molecular weight excluding hydrogens is 362 g/mol. The second kappa shape index (κ2) is 6.03. The molecule has 6 nitrogen and oxygen atoms in total. The van der Waals surface area contributed by atoms with Gasteiger partial charge in [-0.1, -0.05) is 0 Å². The number of thioether (sulfide) groups is 1. The van der Waals surface area contributed by atoms with E-state index in [9.17, 15) is 13.2 Å². The molecule has 3 heterocycles. The van der Waals surface area contributed by atoms with Crippen molar-refractivity contribution in [3.8, 4) is 0 Å². The van der Waals surface area contributed by atoms with Gasteiger partial charge in [-0.2, -0.15) is 16.1 Å². The number of esters is 1. The van der Waals surface area contributed by atoms with Crippen LogP contribution < -0.4 is 0 Å². The molecule has 0 N–H and O–H groups in total. The lowest BCUT2D eigenvalue weighted by atomic mass is 10.1. The molecule has 0 amide bonds. The van der Waals surface area contributed by atoms with Crippen LogP contribution in [0.2, 0.25) is 0 Å². The molecule has 2 aliphatic heterocycles. The van der Waals surface area contributed by atoms with E-state index >= 15 is 0 Å². The number of benzene rings is 1. The Hall–Kier alpha value is -1.51. The summed E-state index contributed by atoms with van der Waals surface area (Å²) < 4.78 is 38.2. The Morgan fingerprint density at radius 1 is 1.44 bits per heavy atom. The zero-order chi connectivity index (χ0) is 17.8. The molecule has 134 valence electrons. The lowest BCUT2D eigenvalue weighted by Crippen LogP contribution is -2.39. The minimum absolute atomic E-state index is 0.0937. The van der Waals surface area contributed by atoms with Gasteiger partial charge in [-0.25, -0.2) is 13.2 Å². The number of hydrogen-bond donors (Lipinski definition) is 0. The van der Waals surface area contributed by atoms with E-state index < -0.39 is 16.0 Å². The topological polar surface area (TPSA) is 76.8 Å². The Balaban J connectivity index is 1.74. The zero-order valence-corrected chi connectivity index (χ0v) is 15.7. The number of nitrogens with zero attached hydrogens (tertiary/aromatic N) is 1. The van der Waals surface area contributed by atoms with Crippen LogP contribution in [0.3, 0.4) is 0 Å². The first-order valence-corrected chi connectivity index (χ1v) is 10.7. The molecule has 1 aromatic carbocycles. The molecule has 2 aliphatic rings. The van der Waals surface area contributed by atoms with Gasteiger partial charge >= 0.3 is 5.97 Å². The molecule has 0 saturated carbocycles. The Bertz CT molecular complexity index is 949. The van der Waals surface area contributed by atoms with Crippen LogP contribution in [0.5, 0.6) is 0 Å². The molecule has 0 radical (unpaired) electrons. The molecule has 2 atom stereocenters. The SMILES string of the molecule is CCOC(=O)c1oc2ccc(S(=O)(=O)N3CC4CC3CS4)cc2c1C. The van der Waals surface area contributed by atoms with E-state index in [1.54, 1.807) is 36.4 Å². The van der Waals surface area contributed by atoms with Gasteiger partial charge in [0.1, 0.15) is 5.58 Å². The number of ether oxygens (including phenoxy) is 1. The van der Waals surface area contributed by atoms with Crippen LogP contribution in [0.25, 0.3) is 11.0 Å². The standard InChI is InChI=1S/C17H19NO5S2/c1-3-22-17(19)16-10(2)14-7-13(4-5-15(14)23-16)25(20,21)18-8-12-6-11(18)9-24-12/h4-5,7,11-12H,3,6,8-9H2,1-2H3. The Morgan fingerprint density at radius 3 is 2.88 bits per heavy atom. The minimum Gasteiger partial charge on any atom is -0.460 e. The summed E-state index contributed by atoms with van der Waals surface area (Å²) in [5.41, 5.74) is 1.09. The summed E-state index contributed by atoms with van der Waals surface area (Å²) in [6.07, 6.45) is 0.934. The van der Waals surface area contributed by atoms with Crippen molar-refractivity contribution < 1.29 is 22.4 Å². The highest BCUT2D eigenvalue weighted by molar-refractivity contribution is 8.00. The molecular formula is C17H19NO5S2. The number of carbonyl (C=O) groups excluding carboxylic acids is 1. The van der Waals surface area contributed by atoms with Gasteiger partial charge in [0.25, 0.3) is 0 Å². The molecule has 2 fully saturated rings. The third-order valence-electron chi connectivity index (χ3n) is 4.83. The Morgan fingerprint density at radius 2 is 2.24 bits per heavy atom. The van der Waals surface area contributed by atoms with E-state index in [-0.39, 0.29) is 23.3 Å². The lowest BCUT2D eigenvalue weighted by molar-refractivity contribution is 0.0491. The number of furan rings is 1. The van der Waals surface area contributed by atoms with E-state index in [1.165, 1.54) is 0 Å². The second-order valence-electron chi connectivity index (χ2n) is 6.35. The van der Waals surface area contributed by atoms with Crippen LogP contribution in [0.4, 0.5) is 0 Å². The fourth-order valence-electron chi connectivity index (χ4n) is 3.55. The maximum absolute atomic E-state index is 13.0. The summed E-state index contributed by atoms with van der Waals surface area (Å²) >= 11 is 1.85. The average Bonchev–Trinajstić information content (AvgIpc) is 3.29. The van der Waals surface area contributed by atoms with E-state index in [1.807, 2.05) is 11.8 Å². The predicted molar refractivity (Wildman–Crippen MR) is 95.5 cm³/mol. The normalized spacial score (nSPS) is 23.4. The van der Waals surface area contributed by atoms with Gasteiger partial charge in [-0.15, -0.1) is 0 Å². The van der Waals surface area contributed by atoms with Gasteiger partial charge in [0.2, 0.25) is 15.8 Å². The zero-order valence-electron chi connectivity index (χ0n) is 14.0. The highest BCUT2D eigenvalue weighted by Gasteiger charge is 2.45. The summed E-state index contributed by atoms with van der Waals surface area (Å²) in [6, 6.07) is 4.86. The first-order chi connectivity index (χ1) is 11.9. The molecule has 2 saturated heterocycles. The number of hydrogen-bond acceptors (Lipinski definition) is 6. The maximum atomic E-state index is 13.0. The summed E-state index contributed by atoms with van der Waals surface area (Å²) in [7, 11) is -3.54. The fraction of sp³-hybridized carbons (Fsp3) is 0.471. The Kier molecular flexibility index (Phi) is 4.09. The number of sulfonamides is 1. The van der Waals surface area contributed by atoms with Crippen molar-refractivity contribution in [1.29, 1.82) is 0 Å². The Labute approximate surface area is 150 Å². The first kappa shape index (κ1) is 16.9. The van der Waals surface area contributed by atoms with Gasteiger partial charge in [-0.05, 0) is 38.5 Å². The second-order valence-corrected chi connectivity index (χ2v) is 9.58. The van der Waals surface area contributed by atoms with E-state index in [4.69, 9.17) is 9.15 Å². The average molecular weight is 381 g/mol. The molecule has 0 spiro atoms. The van der Waals surface area contributed by atoms with Crippen LogP contribution in [0, 0.1) is 6.92 Å². The number of rotatable bonds is 4. The summed E-state index contributed by atoms with van der Waals surface area (Å²) in [5.74, 6) is 0.460. The molecule has 8 heteroatoms. The molecule has 1 aromatic heterocycles. The van der Waals surface area contributed by atoms with Crippen molar-refractivity contribution in [2.45, 2.75) is 36.5 Å². The number of aryl methyl sites for hydroxylation is 1. The quantitative estimate of drug-likeness (QED) is 0.758. The van der Waals surface area contributed by atoms with Crippen molar-refractivity contribution in [1.82, 2.24) is 4.31 Å². The first-order valence-electron chi connectivity index (χ1n) is 8.25. The van der Waals surface area contributed by atoms with Crippen molar-refractivity contribution in [3.05, 3.63) is 29.5 Å². The van der Waals surface area contributed by atoms with Crippen molar-refractivity contribution in [3.63, 3.8) is 0 Å². The summed E-state index contributed by atoms with van der Waals surface area (Å²) in [4.78, 5) is 12.2. The largest absolute Gasteiger partial charge is 0.460 e. The molecule has 2 unspecified atom stereocenters. The molecule has 4 rings (SSSR count). The van der Waals surface area contributed by atoms with Gasteiger partial charge in [0.05, 0.1) is 11.5 Å². The van der Waals surface area contributed by atoms with Crippen molar-refractivity contribution in [2.24, 2.45) is 0 Å². The lowest BCUT2D eigenvalue weighted by Gasteiger charge is -2.25. The van der Waals surface area contributed by atoms with Crippen LogP contribution in [0.1, 0.15) is 29.5 Å². The van der Waals surface area contributed by atoms with Crippen molar-refractivity contribution >= 4 is 38.7 Å². The monoisotopic (exact) mass is 381 g/mol. The van der Waals surface area contributed by atoms with Gasteiger partial charge < -0.3 is 9.15 Å². The van der Waals surface area contributed by atoms with Gasteiger partial charge in [-0.3, -0.25) is 0 Å². The van der Waals surface area contributed by atoms with E-state index in [0.29, 0.717) is 28.3 Å². The highest BCUT2D eigenvalue weighted by atomic mass is 32.2. The highest BCUT2D eigenvalue weighted by Crippen LogP contribution is 2.40. The van der Waals surface area contributed by atoms with E-state index in [0.717, 1.165) is 12.2 Å². The third kappa shape index (κ3) is 2.67. The molecule has 2 aromatic rings. The number of carbonyl (C=O) groups is 1. The minimum atomic E-state index is -3.54. The number of fused-ring (bicyclic) bond motifs is 3. The van der Waals surface area contributed by atoms with Crippen LogP contribution in [-0.4, -0.2) is 48.9 Å². The molecule has 2 bridgehead atoms. The van der Waals surface area contributed by atoms with Gasteiger partial charge in [0.15, 0.2) is 0 Å².